The minimum absolute atomic E-state index is 0.238. The Bertz CT molecular complexity index is 378. The molecule has 1 saturated heterocycles. The average Bonchev–Trinajstić information content (AvgIpc) is 3.07. The fraction of sp³-hybridized carbons (Fsp3) is 0.929. The van der Waals surface area contributed by atoms with Crippen molar-refractivity contribution in [1.29, 1.82) is 0 Å². The zero-order chi connectivity index (χ0) is 15.7. The highest BCUT2D eigenvalue weighted by Gasteiger charge is 2.40. The van der Waals surface area contributed by atoms with Crippen molar-refractivity contribution in [3.63, 3.8) is 0 Å². The maximum atomic E-state index is 11.7. The van der Waals surface area contributed by atoms with Gasteiger partial charge in [-0.2, -0.15) is 0 Å². The van der Waals surface area contributed by atoms with E-state index in [4.69, 9.17) is 17.0 Å². The third kappa shape index (κ3) is 5.37. The van der Waals surface area contributed by atoms with Gasteiger partial charge in [0.05, 0.1) is 9.30 Å². The molecule has 2 rings (SSSR count). The van der Waals surface area contributed by atoms with Gasteiger partial charge in [0.15, 0.2) is 6.29 Å². The number of carbonyl (C=O) groups is 1. The molecule has 19 heavy (non-hydrogen) atoms. The van der Waals surface area contributed by atoms with Crippen LogP contribution in [0.4, 0.5) is 4.79 Å². The quantitative estimate of drug-likeness (QED) is 0.854. The van der Waals surface area contributed by atoms with Gasteiger partial charge in [0.2, 0.25) is 0 Å². The molecule has 0 aromatic heterocycles. The van der Waals surface area contributed by atoms with Gasteiger partial charge in [-0.05, 0) is 46.5 Å². The molecule has 1 amide bonds. The molecule has 1 unspecified atom stereocenters. The number of alkyl carbamates (subject to hydrolysis) is 1. The number of carbonyl (C=O) groups excluding carboxylic acids is 1. The van der Waals surface area contributed by atoms with Crippen LogP contribution >= 0.6 is 0 Å². The van der Waals surface area contributed by atoms with Gasteiger partial charge in [-0.3, -0.25) is 0 Å². The van der Waals surface area contributed by atoms with Crippen LogP contribution in [-0.2, 0) is 14.2 Å². The first kappa shape index (κ1) is 12.0. The van der Waals surface area contributed by atoms with Crippen molar-refractivity contribution >= 4 is 6.09 Å². The maximum absolute atomic E-state index is 11.7. The summed E-state index contributed by atoms with van der Waals surface area (Å²) in [5, 5.41) is 2.68. The smallest absolute Gasteiger partial charge is 0.407 e. The number of rotatable bonds is 4. The van der Waals surface area contributed by atoms with Gasteiger partial charge in [0.1, 0.15) is 5.60 Å². The first-order valence-corrected chi connectivity index (χ1v) is 6.96. The normalized spacial score (nSPS) is 33.1. The average molecular weight is 273 g/mol. The standard InChI is InChI=1S/C14H25NO4/c1-14(2,3)19-13(16)15-11-8-10(11)9-18-12-6-4-5-7-17-12/h10-12H,4-9H2,1-3H3,(H,15,16)/t10-,11+,12?/m0/s1/i9D2. The van der Waals surface area contributed by atoms with E-state index in [0.717, 1.165) is 19.3 Å². The van der Waals surface area contributed by atoms with E-state index in [1.807, 2.05) is 0 Å². The summed E-state index contributed by atoms with van der Waals surface area (Å²) >= 11 is 0. The molecule has 1 N–H and O–H groups in total. The van der Waals surface area contributed by atoms with Crippen molar-refractivity contribution in [2.75, 3.05) is 13.2 Å². The molecule has 5 nitrogen and oxygen atoms in total. The summed E-state index contributed by atoms with van der Waals surface area (Å²) in [5.41, 5.74) is -0.556. The minimum Gasteiger partial charge on any atom is -0.444 e. The van der Waals surface area contributed by atoms with Crippen molar-refractivity contribution in [3.8, 4) is 0 Å². The fourth-order valence-electron chi connectivity index (χ4n) is 1.91. The van der Waals surface area contributed by atoms with Gasteiger partial charge in [0, 0.05) is 18.6 Å². The predicted molar refractivity (Wildman–Crippen MR) is 70.8 cm³/mol. The highest BCUT2D eigenvalue weighted by Crippen LogP contribution is 2.31. The van der Waals surface area contributed by atoms with Crippen LogP contribution in [0.15, 0.2) is 0 Å². The summed E-state index contributed by atoms with van der Waals surface area (Å²) in [6, 6.07) is -0.238. The Hall–Kier alpha value is -0.810. The lowest BCUT2D eigenvalue weighted by atomic mass is 10.2. The molecule has 110 valence electrons. The number of hydrogen-bond acceptors (Lipinski definition) is 4. The lowest BCUT2D eigenvalue weighted by Gasteiger charge is -2.22. The monoisotopic (exact) mass is 273 g/mol. The molecule has 1 aliphatic carbocycles. The van der Waals surface area contributed by atoms with E-state index in [-0.39, 0.29) is 12.0 Å². The number of ether oxygens (including phenoxy) is 3. The molecule has 0 spiro atoms. The Labute approximate surface area is 117 Å². The van der Waals surface area contributed by atoms with Gasteiger partial charge in [-0.25, -0.2) is 4.79 Å². The van der Waals surface area contributed by atoms with Crippen LogP contribution in [0.5, 0.6) is 0 Å². The van der Waals surface area contributed by atoms with Crippen molar-refractivity contribution in [1.82, 2.24) is 5.32 Å². The van der Waals surface area contributed by atoms with Gasteiger partial charge >= 0.3 is 6.09 Å². The number of hydrogen-bond donors (Lipinski definition) is 1. The largest absolute Gasteiger partial charge is 0.444 e. The molecule has 0 aromatic rings. The molecule has 5 heteroatoms. The Kier molecular flexibility index (Phi) is 3.84. The summed E-state index contributed by atoms with van der Waals surface area (Å²) < 4.78 is 32.0. The molecular weight excluding hydrogens is 246 g/mol. The predicted octanol–water partition coefficient (Wildman–Crippen LogP) is 2.44. The van der Waals surface area contributed by atoms with Crippen molar-refractivity contribution in [2.24, 2.45) is 5.92 Å². The Balaban J connectivity index is 1.77. The summed E-state index contributed by atoms with van der Waals surface area (Å²) in [7, 11) is 0. The van der Waals surface area contributed by atoms with E-state index in [9.17, 15) is 4.79 Å². The molecule has 0 aromatic carbocycles. The molecule has 1 heterocycles. The SMILES string of the molecule is [2H]C([2H])(OC1CCCCO1)[C@@H]1C[C@H]1NC(=O)OC(C)(C)C. The number of nitrogens with one attached hydrogen (secondary N) is 1. The molecule has 1 aliphatic heterocycles. The second-order valence-corrected chi connectivity index (χ2v) is 6.13. The Morgan fingerprint density at radius 2 is 2.26 bits per heavy atom. The van der Waals surface area contributed by atoms with E-state index in [1.165, 1.54) is 0 Å². The molecule has 1 saturated carbocycles. The van der Waals surface area contributed by atoms with E-state index in [2.05, 4.69) is 5.32 Å². The molecule has 0 bridgehead atoms. The zero-order valence-electron chi connectivity index (χ0n) is 13.9. The topological polar surface area (TPSA) is 56.8 Å². The first-order valence-electron chi connectivity index (χ1n) is 7.96. The fourth-order valence-corrected chi connectivity index (χ4v) is 1.91. The highest BCUT2D eigenvalue weighted by molar-refractivity contribution is 5.68. The molecular formula is C14H25NO4. The van der Waals surface area contributed by atoms with Crippen LogP contribution in [0, 0.1) is 5.92 Å². The molecule has 0 radical (unpaired) electrons. The van der Waals surface area contributed by atoms with Gasteiger partial charge in [0.25, 0.3) is 0 Å². The Morgan fingerprint density at radius 1 is 1.47 bits per heavy atom. The second kappa shape index (κ2) is 6.09. The lowest BCUT2D eigenvalue weighted by Crippen LogP contribution is -2.34. The van der Waals surface area contributed by atoms with E-state index < -0.39 is 24.5 Å². The van der Waals surface area contributed by atoms with Crippen LogP contribution < -0.4 is 5.32 Å². The zero-order valence-corrected chi connectivity index (χ0v) is 11.9. The van der Waals surface area contributed by atoms with E-state index in [0.29, 0.717) is 13.0 Å². The van der Waals surface area contributed by atoms with Crippen LogP contribution in [0.2, 0.25) is 0 Å². The highest BCUT2D eigenvalue weighted by atomic mass is 16.7. The van der Waals surface area contributed by atoms with Crippen LogP contribution in [0.3, 0.4) is 0 Å². The van der Waals surface area contributed by atoms with Crippen molar-refractivity contribution in [3.05, 3.63) is 0 Å². The van der Waals surface area contributed by atoms with E-state index >= 15 is 0 Å². The summed E-state index contributed by atoms with van der Waals surface area (Å²) in [6.45, 7) is 4.20. The first-order chi connectivity index (χ1) is 9.67. The van der Waals surface area contributed by atoms with Crippen LogP contribution in [0.1, 0.15) is 49.2 Å². The Morgan fingerprint density at radius 3 is 2.89 bits per heavy atom. The van der Waals surface area contributed by atoms with Crippen molar-refractivity contribution in [2.45, 2.75) is 64.4 Å². The molecule has 3 atom stereocenters. The lowest BCUT2D eigenvalue weighted by molar-refractivity contribution is -0.164. The van der Waals surface area contributed by atoms with Gasteiger partial charge in [-0.1, -0.05) is 0 Å². The maximum Gasteiger partial charge on any atom is 0.407 e. The summed E-state index contributed by atoms with van der Waals surface area (Å²) in [6.07, 6.45) is 2.27. The van der Waals surface area contributed by atoms with Crippen LogP contribution in [0.25, 0.3) is 0 Å². The third-order valence-electron chi connectivity index (χ3n) is 2.98. The summed E-state index contributed by atoms with van der Waals surface area (Å²) in [5.74, 6) is -0.351. The minimum atomic E-state index is -1.79. The van der Waals surface area contributed by atoms with Crippen molar-refractivity contribution < 1.29 is 21.7 Å². The molecule has 2 fully saturated rings. The number of amides is 1. The van der Waals surface area contributed by atoms with Gasteiger partial charge in [-0.15, -0.1) is 0 Å². The van der Waals surface area contributed by atoms with E-state index in [1.54, 1.807) is 20.8 Å². The van der Waals surface area contributed by atoms with Gasteiger partial charge < -0.3 is 19.5 Å². The second-order valence-electron chi connectivity index (χ2n) is 6.13. The molecule has 2 aliphatic rings. The van der Waals surface area contributed by atoms with Crippen LogP contribution in [-0.4, -0.2) is 37.2 Å². The summed E-state index contributed by atoms with van der Waals surface area (Å²) in [4.78, 5) is 11.7. The third-order valence-corrected chi connectivity index (χ3v) is 2.98.